The lowest BCUT2D eigenvalue weighted by atomic mass is 10.2. The van der Waals surface area contributed by atoms with Crippen LogP contribution in [0, 0.1) is 0 Å². The van der Waals surface area contributed by atoms with E-state index < -0.39 is 0 Å². The van der Waals surface area contributed by atoms with Crippen LogP contribution in [0.2, 0.25) is 0 Å². The van der Waals surface area contributed by atoms with E-state index in [4.69, 9.17) is 9.47 Å². The summed E-state index contributed by atoms with van der Waals surface area (Å²) >= 11 is 3.42. The first-order chi connectivity index (χ1) is 17.9. The van der Waals surface area contributed by atoms with Crippen LogP contribution < -0.4 is 20.3 Å². The number of rotatable bonds is 9. The molecule has 1 N–H and O–H groups in total. The van der Waals surface area contributed by atoms with Gasteiger partial charge >= 0.3 is 0 Å². The molecule has 0 atom stereocenters. The molecule has 190 valence electrons. The Labute approximate surface area is 223 Å². The lowest BCUT2D eigenvalue weighted by Crippen LogP contribution is -2.23. The first-order valence-electron chi connectivity index (χ1n) is 11.9. The SMILES string of the molecule is CCOc1cc(C=Nn2c(C(C)C)nc3ccc(Br)cc3c2=O)ccc1OCC(=O)Nc1ccccc1. The largest absolute Gasteiger partial charge is 0.490 e. The molecular weight excluding hydrogens is 536 g/mol. The molecule has 0 bridgehead atoms. The van der Waals surface area contributed by atoms with Gasteiger partial charge in [-0.15, -0.1) is 0 Å². The minimum Gasteiger partial charge on any atom is -0.490 e. The van der Waals surface area contributed by atoms with Gasteiger partial charge in [0.2, 0.25) is 0 Å². The number of halogens is 1. The number of amides is 1. The number of carbonyl (C=O) groups is 1. The average molecular weight is 563 g/mol. The fourth-order valence-corrected chi connectivity index (χ4v) is 3.99. The Morgan fingerprint density at radius 2 is 1.86 bits per heavy atom. The van der Waals surface area contributed by atoms with Gasteiger partial charge in [-0.05, 0) is 61.0 Å². The van der Waals surface area contributed by atoms with E-state index in [1.165, 1.54) is 4.68 Å². The van der Waals surface area contributed by atoms with Gasteiger partial charge in [0, 0.05) is 16.1 Å². The van der Waals surface area contributed by atoms with E-state index in [1.54, 1.807) is 42.6 Å². The summed E-state index contributed by atoms with van der Waals surface area (Å²) in [5.74, 6) is 1.16. The summed E-state index contributed by atoms with van der Waals surface area (Å²) in [4.78, 5) is 30.2. The number of hydrogen-bond acceptors (Lipinski definition) is 6. The van der Waals surface area contributed by atoms with Crippen molar-refractivity contribution in [2.24, 2.45) is 5.10 Å². The molecule has 37 heavy (non-hydrogen) atoms. The van der Waals surface area contributed by atoms with Crippen LogP contribution in [0.15, 0.2) is 81.1 Å². The second-order valence-electron chi connectivity index (χ2n) is 8.49. The summed E-state index contributed by atoms with van der Waals surface area (Å²) in [5.41, 5.74) is 1.76. The van der Waals surface area contributed by atoms with Crippen LogP contribution in [0.3, 0.4) is 0 Å². The average Bonchev–Trinajstić information content (AvgIpc) is 2.88. The molecule has 0 aliphatic rings. The van der Waals surface area contributed by atoms with Crippen LogP contribution in [0.1, 0.15) is 38.1 Å². The molecule has 1 heterocycles. The first-order valence-corrected chi connectivity index (χ1v) is 12.7. The molecule has 0 aliphatic carbocycles. The minimum atomic E-state index is -0.282. The van der Waals surface area contributed by atoms with Gasteiger partial charge in [0.05, 0.1) is 23.7 Å². The van der Waals surface area contributed by atoms with Crippen molar-refractivity contribution >= 4 is 44.6 Å². The molecule has 0 aliphatic heterocycles. The molecular formula is C28H27BrN4O4. The highest BCUT2D eigenvalue weighted by molar-refractivity contribution is 9.10. The Morgan fingerprint density at radius 3 is 2.59 bits per heavy atom. The highest BCUT2D eigenvalue weighted by atomic mass is 79.9. The third kappa shape index (κ3) is 6.42. The second kappa shape index (κ2) is 11.8. The lowest BCUT2D eigenvalue weighted by molar-refractivity contribution is -0.118. The number of fused-ring (bicyclic) bond motifs is 1. The molecule has 9 heteroatoms. The maximum Gasteiger partial charge on any atom is 0.282 e. The van der Waals surface area contributed by atoms with E-state index in [9.17, 15) is 9.59 Å². The van der Waals surface area contributed by atoms with Gasteiger partial charge in [0.25, 0.3) is 11.5 Å². The molecule has 1 aromatic heterocycles. The summed E-state index contributed by atoms with van der Waals surface area (Å²) < 4.78 is 13.6. The fourth-order valence-electron chi connectivity index (χ4n) is 3.63. The van der Waals surface area contributed by atoms with Gasteiger partial charge in [0.1, 0.15) is 5.82 Å². The molecule has 0 fully saturated rings. The van der Waals surface area contributed by atoms with E-state index >= 15 is 0 Å². The van der Waals surface area contributed by atoms with Crippen molar-refractivity contribution in [2.75, 3.05) is 18.5 Å². The van der Waals surface area contributed by atoms with Gasteiger partial charge in [0.15, 0.2) is 18.1 Å². The summed E-state index contributed by atoms with van der Waals surface area (Å²) in [6, 6.07) is 19.8. The Bertz CT molecular complexity index is 1500. The Morgan fingerprint density at radius 1 is 1.08 bits per heavy atom. The molecule has 1 amide bonds. The topological polar surface area (TPSA) is 94.8 Å². The van der Waals surface area contributed by atoms with E-state index in [1.807, 2.05) is 51.1 Å². The van der Waals surface area contributed by atoms with Crippen molar-refractivity contribution in [3.63, 3.8) is 0 Å². The van der Waals surface area contributed by atoms with Crippen LogP contribution in [-0.4, -0.2) is 35.0 Å². The Kier molecular flexibility index (Phi) is 8.35. The van der Waals surface area contributed by atoms with Crippen LogP contribution in [0.25, 0.3) is 10.9 Å². The van der Waals surface area contributed by atoms with Gasteiger partial charge in [-0.25, -0.2) is 4.98 Å². The maximum atomic E-state index is 13.2. The van der Waals surface area contributed by atoms with Crippen molar-refractivity contribution in [3.05, 3.63) is 92.9 Å². The van der Waals surface area contributed by atoms with E-state index in [0.29, 0.717) is 46.1 Å². The zero-order valence-corrected chi connectivity index (χ0v) is 22.4. The van der Waals surface area contributed by atoms with Crippen molar-refractivity contribution in [2.45, 2.75) is 26.7 Å². The molecule has 3 aromatic carbocycles. The summed E-state index contributed by atoms with van der Waals surface area (Å²) in [6.07, 6.45) is 1.58. The highest BCUT2D eigenvalue weighted by Crippen LogP contribution is 2.28. The molecule has 0 saturated carbocycles. The molecule has 0 radical (unpaired) electrons. The lowest BCUT2D eigenvalue weighted by Gasteiger charge is -2.13. The van der Waals surface area contributed by atoms with E-state index in [0.717, 1.165) is 4.47 Å². The van der Waals surface area contributed by atoms with Crippen LogP contribution in [0.4, 0.5) is 5.69 Å². The standard InChI is InChI=1S/C28H27BrN4O4/c1-4-36-25-14-19(10-13-24(25)37-17-26(34)31-21-8-6-5-7-9-21)16-30-33-27(18(2)3)32-23-12-11-20(29)15-22(23)28(33)35/h5-16,18H,4,17H2,1-3H3,(H,31,34). The number of ether oxygens (including phenoxy) is 2. The second-order valence-corrected chi connectivity index (χ2v) is 9.41. The zero-order valence-electron chi connectivity index (χ0n) is 20.8. The maximum absolute atomic E-state index is 13.2. The normalized spacial score (nSPS) is 11.3. The third-order valence-electron chi connectivity index (χ3n) is 5.36. The van der Waals surface area contributed by atoms with E-state index in [-0.39, 0.29) is 24.0 Å². The van der Waals surface area contributed by atoms with Crippen molar-refractivity contribution in [3.8, 4) is 11.5 Å². The molecule has 4 rings (SSSR count). The summed E-state index contributed by atoms with van der Waals surface area (Å²) in [7, 11) is 0. The highest BCUT2D eigenvalue weighted by Gasteiger charge is 2.14. The molecule has 0 spiro atoms. The molecule has 4 aromatic rings. The van der Waals surface area contributed by atoms with E-state index in [2.05, 4.69) is 31.3 Å². The fraction of sp³-hybridized carbons (Fsp3) is 0.214. The Hall–Kier alpha value is -3.98. The van der Waals surface area contributed by atoms with Crippen molar-refractivity contribution < 1.29 is 14.3 Å². The number of nitrogens with one attached hydrogen (secondary N) is 1. The number of aromatic nitrogens is 2. The van der Waals surface area contributed by atoms with Crippen LogP contribution in [-0.2, 0) is 4.79 Å². The molecule has 8 nitrogen and oxygen atoms in total. The Balaban J connectivity index is 1.57. The number of carbonyl (C=O) groups excluding carboxylic acids is 1. The predicted molar refractivity (Wildman–Crippen MR) is 149 cm³/mol. The number of anilines is 1. The van der Waals surface area contributed by atoms with Gasteiger partial charge in [-0.2, -0.15) is 9.78 Å². The number of nitrogens with zero attached hydrogens (tertiary/aromatic N) is 3. The van der Waals surface area contributed by atoms with Gasteiger partial charge < -0.3 is 14.8 Å². The van der Waals surface area contributed by atoms with Crippen molar-refractivity contribution in [1.29, 1.82) is 0 Å². The quantitative estimate of drug-likeness (QED) is 0.269. The monoisotopic (exact) mass is 562 g/mol. The van der Waals surface area contributed by atoms with Gasteiger partial charge in [-0.1, -0.05) is 48.0 Å². The predicted octanol–water partition coefficient (Wildman–Crippen LogP) is 5.58. The summed E-state index contributed by atoms with van der Waals surface area (Å²) in [6.45, 7) is 6.03. The first kappa shape index (κ1) is 26.1. The molecule has 0 unspecified atom stereocenters. The van der Waals surface area contributed by atoms with Crippen LogP contribution >= 0.6 is 15.9 Å². The number of benzene rings is 3. The van der Waals surface area contributed by atoms with Gasteiger partial charge in [-0.3, -0.25) is 9.59 Å². The smallest absolute Gasteiger partial charge is 0.282 e. The third-order valence-corrected chi connectivity index (χ3v) is 5.85. The minimum absolute atomic E-state index is 0.0188. The molecule has 0 saturated heterocycles. The van der Waals surface area contributed by atoms with Crippen molar-refractivity contribution in [1.82, 2.24) is 9.66 Å². The number of para-hydroxylation sites is 1. The van der Waals surface area contributed by atoms with Crippen LogP contribution in [0.5, 0.6) is 11.5 Å². The number of hydrogen-bond donors (Lipinski definition) is 1. The zero-order chi connectivity index (χ0) is 26.4. The summed E-state index contributed by atoms with van der Waals surface area (Å²) in [5, 5.41) is 7.73.